The molecule has 2 aliphatic heterocycles. The van der Waals surface area contributed by atoms with Crippen LogP contribution in [0.25, 0.3) is 11.0 Å². The fourth-order valence-electron chi connectivity index (χ4n) is 7.98. The van der Waals surface area contributed by atoms with Crippen LogP contribution in [0.15, 0.2) is 29.3 Å². The van der Waals surface area contributed by atoms with Crippen molar-refractivity contribution in [3.05, 3.63) is 46.0 Å². The number of fused-ring (bicyclic) bond motifs is 1. The number of carbonyl (C=O) groups is 1. The molecule has 42 heavy (non-hydrogen) atoms. The molecule has 4 aliphatic rings. The van der Waals surface area contributed by atoms with Gasteiger partial charge in [-0.3, -0.25) is 19.1 Å². The lowest BCUT2D eigenvalue weighted by Crippen LogP contribution is -2.58. The average Bonchev–Trinajstić information content (AvgIpc) is 3.51. The van der Waals surface area contributed by atoms with Crippen LogP contribution in [0.2, 0.25) is 0 Å². The lowest BCUT2D eigenvalue weighted by molar-refractivity contribution is -0.0224. The van der Waals surface area contributed by atoms with Gasteiger partial charge >= 0.3 is 0 Å². The predicted octanol–water partition coefficient (Wildman–Crippen LogP) is 4.21. The third-order valence-electron chi connectivity index (χ3n) is 10.4. The van der Waals surface area contributed by atoms with Crippen LogP contribution in [0.1, 0.15) is 80.3 Å². The molecule has 0 bridgehead atoms. The SMILES string of the molecule is CC(=O)c1c(C)c2cnc(Nc3ccc(N4CCN(C5CC6(CCNCC6)C5)CC4)cn3)nc2n(C2CCCC2)c1=O. The van der Waals surface area contributed by atoms with Gasteiger partial charge in [0, 0.05) is 49.8 Å². The summed E-state index contributed by atoms with van der Waals surface area (Å²) < 4.78 is 1.74. The first kappa shape index (κ1) is 27.5. The van der Waals surface area contributed by atoms with E-state index in [0.717, 1.165) is 69.0 Å². The molecule has 0 unspecified atom stereocenters. The Hall–Kier alpha value is -3.37. The Balaban J connectivity index is 1.03. The fraction of sp³-hybridized carbons (Fsp3) is 0.594. The van der Waals surface area contributed by atoms with E-state index in [4.69, 9.17) is 4.98 Å². The monoisotopic (exact) mass is 570 g/mol. The number of pyridine rings is 2. The van der Waals surface area contributed by atoms with Gasteiger partial charge in [-0.05, 0) is 88.6 Å². The maximum Gasteiger partial charge on any atom is 0.263 e. The van der Waals surface area contributed by atoms with Gasteiger partial charge in [0.05, 0.1) is 17.4 Å². The molecule has 2 saturated heterocycles. The summed E-state index contributed by atoms with van der Waals surface area (Å²) in [5.74, 6) is 0.836. The molecule has 1 spiro atoms. The molecule has 7 rings (SSSR count). The first-order valence-corrected chi connectivity index (χ1v) is 15.8. The number of nitrogens with one attached hydrogen (secondary N) is 2. The molecule has 10 heteroatoms. The van der Waals surface area contributed by atoms with Crippen molar-refractivity contribution in [1.29, 1.82) is 0 Å². The minimum Gasteiger partial charge on any atom is -0.368 e. The maximum atomic E-state index is 13.5. The van der Waals surface area contributed by atoms with Gasteiger partial charge in [0.15, 0.2) is 5.78 Å². The highest BCUT2D eigenvalue weighted by Gasteiger charge is 2.46. The van der Waals surface area contributed by atoms with Gasteiger partial charge in [0.1, 0.15) is 11.5 Å². The lowest BCUT2D eigenvalue weighted by Gasteiger charge is -2.55. The van der Waals surface area contributed by atoms with Gasteiger partial charge in [0.25, 0.3) is 5.56 Å². The number of ketones is 1. The molecule has 4 fully saturated rings. The van der Waals surface area contributed by atoms with Gasteiger partial charge in [-0.1, -0.05) is 12.8 Å². The normalized spacial score (nSPS) is 21.6. The van der Waals surface area contributed by atoms with Crippen molar-refractivity contribution in [1.82, 2.24) is 29.7 Å². The Morgan fingerprint density at radius 1 is 1.00 bits per heavy atom. The van der Waals surface area contributed by atoms with Crippen LogP contribution in [0.3, 0.4) is 0 Å². The summed E-state index contributed by atoms with van der Waals surface area (Å²) in [6.07, 6.45) is 13.1. The number of hydrogen-bond donors (Lipinski definition) is 2. The molecule has 2 saturated carbocycles. The maximum absolute atomic E-state index is 13.5. The number of nitrogens with zero attached hydrogens (tertiary/aromatic N) is 6. The molecule has 0 amide bonds. The minimum absolute atomic E-state index is 0.0503. The highest BCUT2D eigenvalue weighted by molar-refractivity contribution is 5.99. The van der Waals surface area contributed by atoms with Crippen LogP contribution in [0, 0.1) is 12.3 Å². The van der Waals surface area contributed by atoms with E-state index >= 15 is 0 Å². The van der Waals surface area contributed by atoms with Crippen molar-refractivity contribution in [3.8, 4) is 0 Å². The Bertz CT molecular complexity index is 1520. The summed E-state index contributed by atoms with van der Waals surface area (Å²) in [5.41, 5.74) is 2.99. The molecule has 0 aromatic carbocycles. The lowest BCUT2D eigenvalue weighted by atomic mass is 9.60. The van der Waals surface area contributed by atoms with Crippen molar-refractivity contribution in [2.24, 2.45) is 5.41 Å². The van der Waals surface area contributed by atoms with Crippen LogP contribution in [-0.2, 0) is 0 Å². The molecule has 5 heterocycles. The van der Waals surface area contributed by atoms with Crippen molar-refractivity contribution in [2.75, 3.05) is 49.5 Å². The molecule has 3 aromatic rings. The van der Waals surface area contributed by atoms with Crippen molar-refractivity contribution in [3.63, 3.8) is 0 Å². The number of anilines is 3. The number of Topliss-reactive ketones (excluding diaryl/α,β-unsaturated/α-hetero) is 1. The molecular weight excluding hydrogens is 528 g/mol. The summed E-state index contributed by atoms with van der Waals surface area (Å²) >= 11 is 0. The zero-order valence-corrected chi connectivity index (χ0v) is 24.9. The van der Waals surface area contributed by atoms with E-state index in [1.54, 1.807) is 10.8 Å². The Morgan fingerprint density at radius 2 is 1.74 bits per heavy atom. The van der Waals surface area contributed by atoms with Crippen LogP contribution in [0.4, 0.5) is 17.5 Å². The van der Waals surface area contributed by atoms with Gasteiger partial charge in [-0.2, -0.15) is 4.98 Å². The third kappa shape index (κ3) is 4.98. The van der Waals surface area contributed by atoms with Gasteiger partial charge in [-0.25, -0.2) is 9.97 Å². The quantitative estimate of drug-likeness (QED) is 0.421. The Labute approximate surface area is 246 Å². The molecule has 3 aromatic heterocycles. The van der Waals surface area contributed by atoms with Gasteiger partial charge < -0.3 is 15.5 Å². The van der Waals surface area contributed by atoms with E-state index in [1.165, 1.54) is 45.7 Å². The summed E-state index contributed by atoms with van der Waals surface area (Å²) in [6, 6.07) is 4.89. The molecule has 0 radical (unpaired) electrons. The number of rotatable bonds is 6. The minimum atomic E-state index is -0.241. The number of piperidine rings is 1. The summed E-state index contributed by atoms with van der Waals surface area (Å²) in [7, 11) is 0. The van der Waals surface area contributed by atoms with Crippen molar-refractivity contribution in [2.45, 2.75) is 77.3 Å². The second kappa shape index (κ2) is 11.0. The van der Waals surface area contributed by atoms with Crippen LogP contribution >= 0.6 is 0 Å². The standard InChI is InChI=1S/C32H42N8O2/c1-21-26-20-35-31(37-29(26)40(23-5-3-4-6-23)30(42)28(21)22(2)41)36-27-8-7-24(19-34-27)38-13-15-39(16-14-38)25-17-32(18-25)9-11-33-12-10-32/h7-8,19-20,23,25,33H,3-6,9-18H2,1-2H3,(H,34,35,36,37). The van der Waals surface area contributed by atoms with E-state index in [0.29, 0.717) is 28.4 Å². The van der Waals surface area contributed by atoms with Gasteiger partial charge in [0.2, 0.25) is 5.95 Å². The second-order valence-electron chi connectivity index (χ2n) is 13.0. The summed E-state index contributed by atoms with van der Waals surface area (Å²) in [4.78, 5) is 45.0. The molecule has 2 N–H and O–H groups in total. The number of piperazine rings is 1. The molecule has 10 nitrogen and oxygen atoms in total. The third-order valence-corrected chi connectivity index (χ3v) is 10.4. The Kier molecular flexibility index (Phi) is 7.22. The second-order valence-corrected chi connectivity index (χ2v) is 13.0. The highest BCUT2D eigenvalue weighted by atomic mass is 16.1. The first-order chi connectivity index (χ1) is 20.4. The first-order valence-electron chi connectivity index (χ1n) is 15.8. The van der Waals surface area contributed by atoms with Crippen LogP contribution < -0.4 is 21.1 Å². The topological polar surface area (TPSA) is 108 Å². The number of carbonyl (C=O) groups excluding carboxylic acids is 1. The number of aryl methyl sites for hydroxylation is 1. The smallest absolute Gasteiger partial charge is 0.263 e. The van der Waals surface area contributed by atoms with E-state index < -0.39 is 0 Å². The van der Waals surface area contributed by atoms with Crippen LogP contribution in [0.5, 0.6) is 0 Å². The zero-order chi connectivity index (χ0) is 28.8. The average molecular weight is 571 g/mol. The molecule has 2 aliphatic carbocycles. The van der Waals surface area contributed by atoms with E-state index in [-0.39, 0.29) is 22.9 Å². The van der Waals surface area contributed by atoms with E-state index in [1.807, 2.05) is 19.2 Å². The fourth-order valence-corrected chi connectivity index (χ4v) is 7.98. The number of hydrogen-bond acceptors (Lipinski definition) is 9. The van der Waals surface area contributed by atoms with Crippen LogP contribution in [-0.4, -0.2) is 75.5 Å². The van der Waals surface area contributed by atoms with E-state index in [9.17, 15) is 9.59 Å². The van der Waals surface area contributed by atoms with Crippen molar-refractivity contribution < 1.29 is 4.79 Å². The van der Waals surface area contributed by atoms with Crippen molar-refractivity contribution >= 4 is 34.3 Å². The molecule has 0 atom stereocenters. The highest BCUT2D eigenvalue weighted by Crippen LogP contribution is 2.50. The Morgan fingerprint density at radius 3 is 2.40 bits per heavy atom. The van der Waals surface area contributed by atoms with Gasteiger partial charge in [-0.15, -0.1) is 0 Å². The molecule has 222 valence electrons. The zero-order valence-electron chi connectivity index (χ0n) is 24.9. The number of aromatic nitrogens is 4. The van der Waals surface area contributed by atoms with E-state index in [2.05, 4.69) is 36.5 Å². The molecular formula is C32H42N8O2. The largest absolute Gasteiger partial charge is 0.368 e. The summed E-state index contributed by atoms with van der Waals surface area (Å²) in [6.45, 7) is 9.91. The summed E-state index contributed by atoms with van der Waals surface area (Å²) in [5, 5.41) is 7.49. The predicted molar refractivity (Wildman–Crippen MR) is 165 cm³/mol.